The van der Waals surface area contributed by atoms with E-state index in [9.17, 15) is 14.0 Å². The van der Waals surface area contributed by atoms with Crippen LogP contribution in [0.5, 0.6) is 0 Å². The summed E-state index contributed by atoms with van der Waals surface area (Å²) in [6.07, 6.45) is 0.895. The second kappa shape index (κ2) is 10.2. The Kier molecular flexibility index (Phi) is 7.63. The monoisotopic (exact) mass is 446 g/mol. The highest BCUT2D eigenvalue weighted by atomic mass is 19.1. The zero-order valence-electron chi connectivity index (χ0n) is 19.1. The summed E-state index contributed by atoms with van der Waals surface area (Å²) in [6, 6.07) is 6.70. The maximum Gasteiger partial charge on any atom is 0.353 e. The van der Waals surface area contributed by atoms with E-state index in [0.717, 1.165) is 16.7 Å². The van der Waals surface area contributed by atoms with Crippen molar-refractivity contribution in [3.8, 4) is 0 Å². The predicted molar refractivity (Wildman–Crippen MR) is 119 cm³/mol. The van der Waals surface area contributed by atoms with E-state index in [2.05, 4.69) is 23.4 Å². The highest BCUT2D eigenvalue weighted by molar-refractivity contribution is 5.16. The van der Waals surface area contributed by atoms with Crippen LogP contribution in [0.25, 0.3) is 0 Å². The first kappa shape index (κ1) is 23.9. The van der Waals surface area contributed by atoms with Crippen LogP contribution in [0.3, 0.4) is 0 Å². The van der Waals surface area contributed by atoms with E-state index in [1.165, 1.54) is 10.6 Å². The van der Waals surface area contributed by atoms with E-state index >= 15 is 0 Å². The van der Waals surface area contributed by atoms with Gasteiger partial charge in [0.25, 0.3) is 0 Å². The average molecular weight is 447 g/mol. The molecule has 32 heavy (non-hydrogen) atoms. The van der Waals surface area contributed by atoms with E-state index in [1.807, 2.05) is 0 Å². The Labute approximate surface area is 186 Å². The largest absolute Gasteiger partial charge is 0.378 e. The summed E-state index contributed by atoms with van der Waals surface area (Å²) in [5.41, 5.74) is 0.412. The number of likely N-dealkylation sites (tertiary alicyclic amines) is 1. The van der Waals surface area contributed by atoms with E-state index in [1.54, 1.807) is 39.3 Å². The fraction of sp³-hybridized carbons (Fsp3) is 0.522. The lowest BCUT2D eigenvalue weighted by atomic mass is 9.97. The molecule has 3 rings (SSSR count). The summed E-state index contributed by atoms with van der Waals surface area (Å²) < 4.78 is 27.8. The smallest absolute Gasteiger partial charge is 0.353 e. The Morgan fingerprint density at radius 2 is 2.00 bits per heavy atom. The Morgan fingerprint density at radius 1 is 1.28 bits per heavy atom. The normalized spacial score (nSPS) is 19.9. The van der Waals surface area contributed by atoms with Gasteiger partial charge in [0, 0.05) is 44.4 Å². The zero-order chi connectivity index (χ0) is 23.4. The van der Waals surface area contributed by atoms with Crippen LogP contribution >= 0.6 is 0 Å². The fourth-order valence-corrected chi connectivity index (χ4v) is 4.00. The molecule has 9 heteroatoms. The molecule has 0 amide bonds. The van der Waals surface area contributed by atoms with Crippen LogP contribution in [-0.2, 0) is 29.7 Å². The molecule has 0 aliphatic carbocycles. The molecule has 3 atom stereocenters. The number of halogens is 1. The van der Waals surface area contributed by atoms with Gasteiger partial charge in [0.2, 0.25) is 0 Å². The number of hydrogen-bond donors (Lipinski definition) is 0. The molecule has 0 N–H and O–H groups in total. The first-order valence-electron chi connectivity index (χ1n) is 10.7. The van der Waals surface area contributed by atoms with Crippen LogP contribution in [0.15, 0.2) is 46.1 Å². The van der Waals surface area contributed by atoms with Crippen molar-refractivity contribution in [2.75, 3.05) is 13.7 Å². The van der Waals surface area contributed by atoms with Crippen molar-refractivity contribution in [1.29, 1.82) is 0 Å². The van der Waals surface area contributed by atoms with Gasteiger partial charge in [0.1, 0.15) is 11.6 Å². The minimum atomic E-state index is -0.584. The number of nitrogens with zero attached hydrogens (tertiary/aromatic N) is 4. The van der Waals surface area contributed by atoms with Crippen LogP contribution < -0.4 is 11.4 Å². The van der Waals surface area contributed by atoms with Crippen molar-refractivity contribution < 1.29 is 13.9 Å². The molecule has 2 heterocycles. The number of benzene rings is 1. The van der Waals surface area contributed by atoms with Gasteiger partial charge in [-0.15, -0.1) is 0 Å². The van der Waals surface area contributed by atoms with Gasteiger partial charge >= 0.3 is 11.4 Å². The third kappa shape index (κ3) is 5.34. The molecular formula is C23H31FN4O4. The molecule has 1 aromatic carbocycles. The zero-order valence-corrected chi connectivity index (χ0v) is 19.1. The molecule has 0 radical (unpaired) electrons. The second-order valence-electron chi connectivity index (χ2n) is 8.28. The van der Waals surface area contributed by atoms with Crippen molar-refractivity contribution in [2.24, 2.45) is 7.05 Å². The van der Waals surface area contributed by atoms with Gasteiger partial charge in [0.05, 0.1) is 25.4 Å². The van der Waals surface area contributed by atoms with Gasteiger partial charge < -0.3 is 14.4 Å². The number of piperidine rings is 1. The Morgan fingerprint density at radius 3 is 2.66 bits per heavy atom. The molecule has 1 saturated heterocycles. The van der Waals surface area contributed by atoms with Crippen LogP contribution in [0, 0.1) is 12.7 Å². The summed E-state index contributed by atoms with van der Waals surface area (Å²) in [5.74, 6) is 0.0939. The molecule has 0 saturated carbocycles. The van der Waals surface area contributed by atoms with Crippen molar-refractivity contribution >= 4 is 0 Å². The maximum atomic E-state index is 13.9. The van der Waals surface area contributed by atoms with Gasteiger partial charge in [-0.2, -0.15) is 4.98 Å². The SMILES string of the molecule is C=C1CC(OCc2ccccc2F)CC(C)N1CC(Cn1c(=O)nc(C)n(C)c1=O)OC. The van der Waals surface area contributed by atoms with E-state index in [0.29, 0.717) is 24.4 Å². The van der Waals surface area contributed by atoms with Gasteiger partial charge in [-0.25, -0.2) is 18.5 Å². The standard InChI is InChI=1S/C23H31FN4O4/c1-15-10-19(32-14-18-8-6-7-9-21(18)24)11-16(2)27(15)12-20(31-5)13-28-22(29)25-17(3)26(4)23(28)30/h6-9,16,19-20H,1,10-14H2,2-5H3. The highest BCUT2D eigenvalue weighted by Crippen LogP contribution is 2.28. The Balaban J connectivity index is 1.63. The fourth-order valence-electron chi connectivity index (χ4n) is 4.00. The number of aromatic nitrogens is 3. The topological polar surface area (TPSA) is 78.6 Å². The van der Waals surface area contributed by atoms with Crippen molar-refractivity contribution in [3.05, 3.63) is 74.7 Å². The third-order valence-corrected chi connectivity index (χ3v) is 6.05. The van der Waals surface area contributed by atoms with Crippen LogP contribution in [-0.4, -0.2) is 50.9 Å². The summed E-state index contributed by atoms with van der Waals surface area (Å²) in [4.78, 5) is 30.8. The lowest BCUT2D eigenvalue weighted by Crippen LogP contribution is -2.49. The lowest BCUT2D eigenvalue weighted by molar-refractivity contribution is -0.0188. The molecule has 1 fully saturated rings. The number of ether oxygens (including phenoxy) is 2. The van der Waals surface area contributed by atoms with Gasteiger partial charge in [0.15, 0.2) is 0 Å². The molecular weight excluding hydrogens is 415 g/mol. The van der Waals surface area contributed by atoms with Crippen molar-refractivity contribution in [2.45, 2.75) is 58.1 Å². The number of aryl methyl sites for hydroxylation is 1. The number of methoxy groups -OCH3 is 1. The minimum absolute atomic E-state index is 0.0643. The third-order valence-electron chi connectivity index (χ3n) is 6.05. The summed E-state index contributed by atoms with van der Waals surface area (Å²) in [5, 5.41) is 0. The lowest BCUT2D eigenvalue weighted by Gasteiger charge is -2.42. The maximum absolute atomic E-state index is 13.9. The van der Waals surface area contributed by atoms with Crippen LogP contribution in [0.1, 0.15) is 31.2 Å². The molecule has 1 aliphatic rings. The molecule has 8 nitrogen and oxygen atoms in total. The molecule has 0 bridgehead atoms. The highest BCUT2D eigenvalue weighted by Gasteiger charge is 2.30. The molecule has 3 unspecified atom stereocenters. The van der Waals surface area contributed by atoms with Gasteiger partial charge in [-0.05, 0) is 26.3 Å². The van der Waals surface area contributed by atoms with Gasteiger partial charge in [-0.3, -0.25) is 4.57 Å². The van der Waals surface area contributed by atoms with Gasteiger partial charge in [-0.1, -0.05) is 24.8 Å². The Hall–Kier alpha value is -2.78. The summed E-state index contributed by atoms with van der Waals surface area (Å²) >= 11 is 0. The quantitative estimate of drug-likeness (QED) is 0.617. The van der Waals surface area contributed by atoms with E-state index in [-0.39, 0.29) is 31.1 Å². The summed E-state index contributed by atoms with van der Waals surface area (Å²) in [7, 11) is 3.14. The van der Waals surface area contributed by atoms with Crippen LogP contribution in [0.4, 0.5) is 4.39 Å². The number of rotatable bonds is 8. The molecule has 2 aromatic rings. The van der Waals surface area contributed by atoms with Crippen molar-refractivity contribution in [3.63, 3.8) is 0 Å². The van der Waals surface area contributed by atoms with Crippen molar-refractivity contribution in [1.82, 2.24) is 19.0 Å². The Bertz CT molecular complexity index is 1080. The average Bonchev–Trinajstić information content (AvgIpc) is 2.75. The first-order chi connectivity index (χ1) is 15.2. The van der Waals surface area contributed by atoms with E-state index in [4.69, 9.17) is 9.47 Å². The first-order valence-corrected chi connectivity index (χ1v) is 10.7. The predicted octanol–water partition coefficient (Wildman–Crippen LogP) is 1.99. The molecule has 0 spiro atoms. The minimum Gasteiger partial charge on any atom is -0.378 e. The second-order valence-corrected chi connectivity index (χ2v) is 8.28. The summed E-state index contributed by atoms with van der Waals surface area (Å²) in [6.45, 7) is 8.66. The van der Waals surface area contributed by atoms with Crippen LogP contribution in [0.2, 0.25) is 0 Å². The van der Waals surface area contributed by atoms with E-state index < -0.39 is 17.5 Å². The molecule has 1 aromatic heterocycles. The number of hydrogen-bond acceptors (Lipinski definition) is 6. The molecule has 174 valence electrons. The molecule has 1 aliphatic heterocycles.